The van der Waals surface area contributed by atoms with Crippen LogP contribution in [-0.4, -0.2) is 15.7 Å². The van der Waals surface area contributed by atoms with Gasteiger partial charge in [-0.3, -0.25) is 0 Å². The number of aliphatic hydroxyl groups is 1. The van der Waals surface area contributed by atoms with Gasteiger partial charge in [0, 0.05) is 12.6 Å². The van der Waals surface area contributed by atoms with Crippen LogP contribution in [0.2, 0.25) is 0 Å². The summed E-state index contributed by atoms with van der Waals surface area (Å²) < 4.78 is -1.07. The molecule has 0 fully saturated rings. The van der Waals surface area contributed by atoms with E-state index in [1.165, 1.54) is 6.21 Å². The quantitative estimate of drug-likeness (QED) is 0.599. The Hall–Kier alpha value is 0.0800. The molecule has 0 saturated heterocycles. The van der Waals surface area contributed by atoms with Crippen LogP contribution in [0.3, 0.4) is 0 Å². The Balaban J connectivity index is 2.85. The van der Waals surface area contributed by atoms with E-state index in [1.54, 1.807) is 0 Å². The molecule has 0 atom stereocenters. The first-order valence-electron chi connectivity index (χ1n) is 2.52. The van der Waals surface area contributed by atoms with Gasteiger partial charge in [-0.25, -0.2) is 4.99 Å². The second-order valence-corrected chi connectivity index (χ2v) is 3.92. The molecule has 1 heterocycles. The van der Waals surface area contributed by atoms with Crippen LogP contribution in [0.25, 0.3) is 0 Å². The third-order valence-corrected chi connectivity index (χ3v) is 1.77. The number of hydrogen-bond donors (Lipinski definition) is 1. The number of nitrogens with zero attached hydrogens (tertiary/aromatic N) is 1. The summed E-state index contributed by atoms with van der Waals surface area (Å²) in [6, 6.07) is 0. The Labute approximate surface area is 73.1 Å². The van der Waals surface area contributed by atoms with Crippen LogP contribution in [0.15, 0.2) is 15.9 Å². The SMILES string of the molecule is OC1=C(Cl)CC(Cl)(Cl)C=N1. The number of aliphatic hydroxyl groups excluding tert-OH is 1. The maximum absolute atomic E-state index is 8.84. The molecule has 5 heteroatoms. The Morgan fingerprint density at radius 1 is 1.60 bits per heavy atom. The number of halogens is 3. The molecule has 0 aromatic carbocycles. The smallest absolute Gasteiger partial charge is 0.225 e. The lowest BCUT2D eigenvalue weighted by atomic mass is 10.2. The maximum atomic E-state index is 8.84. The van der Waals surface area contributed by atoms with Gasteiger partial charge < -0.3 is 5.11 Å². The molecule has 0 saturated carbocycles. The summed E-state index contributed by atoms with van der Waals surface area (Å²) in [5, 5.41) is 9.03. The number of allylic oxidation sites excluding steroid dienone is 1. The van der Waals surface area contributed by atoms with Crippen molar-refractivity contribution < 1.29 is 5.11 Å². The molecule has 56 valence electrons. The van der Waals surface area contributed by atoms with Gasteiger partial charge in [-0.05, 0) is 0 Å². The molecule has 0 spiro atoms. The van der Waals surface area contributed by atoms with E-state index in [-0.39, 0.29) is 17.3 Å². The second kappa shape index (κ2) is 2.61. The van der Waals surface area contributed by atoms with E-state index in [0.29, 0.717) is 0 Å². The van der Waals surface area contributed by atoms with Gasteiger partial charge >= 0.3 is 0 Å². The number of alkyl halides is 2. The summed E-state index contributed by atoms with van der Waals surface area (Å²) in [4.78, 5) is 3.48. The average molecular weight is 200 g/mol. The molecule has 1 N–H and O–H groups in total. The molecule has 2 nitrogen and oxygen atoms in total. The van der Waals surface area contributed by atoms with Gasteiger partial charge in [0.25, 0.3) is 0 Å². The molecular formula is C5H4Cl3NO. The summed E-state index contributed by atoms with van der Waals surface area (Å²) in [6.07, 6.45) is 1.45. The van der Waals surface area contributed by atoms with Crippen molar-refractivity contribution in [3.05, 3.63) is 10.9 Å². The molecule has 0 aromatic heterocycles. The van der Waals surface area contributed by atoms with Crippen LogP contribution in [-0.2, 0) is 0 Å². The van der Waals surface area contributed by atoms with Gasteiger partial charge in [0.15, 0.2) is 4.33 Å². The molecule has 1 rings (SSSR count). The monoisotopic (exact) mass is 199 g/mol. The first kappa shape index (κ1) is 8.18. The zero-order valence-corrected chi connectivity index (χ0v) is 7.08. The van der Waals surface area contributed by atoms with E-state index >= 15 is 0 Å². The predicted octanol–water partition coefficient (Wildman–Crippen LogP) is 2.60. The Morgan fingerprint density at radius 3 is 2.60 bits per heavy atom. The minimum atomic E-state index is -1.07. The first-order chi connectivity index (χ1) is 4.51. The number of rotatable bonds is 0. The first-order valence-corrected chi connectivity index (χ1v) is 3.65. The fourth-order valence-corrected chi connectivity index (χ4v) is 1.32. The Kier molecular flexibility index (Phi) is 2.13. The van der Waals surface area contributed by atoms with Crippen molar-refractivity contribution in [2.75, 3.05) is 0 Å². The minimum Gasteiger partial charge on any atom is -0.492 e. The van der Waals surface area contributed by atoms with Crippen molar-refractivity contribution in [3.63, 3.8) is 0 Å². The molecule has 0 aromatic rings. The van der Waals surface area contributed by atoms with Gasteiger partial charge in [-0.2, -0.15) is 0 Å². The normalized spacial score (nSPS) is 23.5. The Bertz CT molecular complexity index is 209. The molecule has 10 heavy (non-hydrogen) atoms. The van der Waals surface area contributed by atoms with E-state index < -0.39 is 4.33 Å². The lowest BCUT2D eigenvalue weighted by molar-refractivity contribution is 0.399. The highest BCUT2D eigenvalue weighted by molar-refractivity contribution is 6.57. The zero-order valence-electron chi connectivity index (χ0n) is 4.81. The molecule has 0 unspecified atom stereocenters. The summed E-state index contributed by atoms with van der Waals surface area (Å²) >= 11 is 16.7. The van der Waals surface area contributed by atoms with Crippen LogP contribution >= 0.6 is 34.8 Å². The highest BCUT2D eigenvalue weighted by atomic mass is 35.5. The van der Waals surface area contributed by atoms with E-state index in [1.807, 2.05) is 0 Å². The van der Waals surface area contributed by atoms with Crippen LogP contribution < -0.4 is 0 Å². The number of hydrogen-bond acceptors (Lipinski definition) is 2. The van der Waals surface area contributed by atoms with Crippen molar-refractivity contribution in [3.8, 4) is 0 Å². The fourth-order valence-electron chi connectivity index (χ4n) is 0.557. The van der Waals surface area contributed by atoms with Crippen molar-refractivity contribution in [2.24, 2.45) is 4.99 Å². The third kappa shape index (κ3) is 1.78. The second-order valence-electron chi connectivity index (χ2n) is 1.92. The van der Waals surface area contributed by atoms with E-state index in [4.69, 9.17) is 39.9 Å². The largest absolute Gasteiger partial charge is 0.492 e. The van der Waals surface area contributed by atoms with Gasteiger partial charge in [0.2, 0.25) is 5.88 Å². The topological polar surface area (TPSA) is 32.6 Å². The molecule has 1 aliphatic rings. The summed E-state index contributed by atoms with van der Waals surface area (Å²) in [7, 11) is 0. The van der Waals surface area contributed by atoms with Crippen LogP contribution in [0.1, 0.15) is 6.42 Å². The standard InChI is InChI=1S/C5H4Cl3NO/c6-3-1-5(7,8)2-9-4(3)10/h2,10H,1H2. The molecule has 0 aliphatic carbocycles. The molecule has 0 radical (unpaired) electrons. The fraction of sp³-hybridized carbons (Fsp3) is 0.400. The van der Waals surface area contributed by atoms with Crippen LogP contribution in [0, 0.1) is 0 Å². The van der Waals surface area contributed by atoms with Gasteiger partial charge in [0.05, 0.1) is 5.03 Å². The average Bonchev–Trinajstić information content (AvgIpc) is 1.79. The molecule has 0 amide bonds. The van der Waals surface area contributed by atoms with Gasteiger partial charge in [-0.15, -0.1) is 0 Å². The van der Waals surface area contributed by atoms with Crippen molar-refractivity contribution in [1.82, 2.24) is 0 Å². The highest BCUT2D eigenvalue weighted by Gasteiger charge is 2.27. The molecular weight excluding hydrogens is 196 g/mol. The van der Waals surface area contributed by atoms with E-state index in [9.17, 15) is 0 Å². The van der Waals surface area contributed by atoms with Crippen molar-refractivity contribution in [1.29, 1.82) is 0 Å². The summed E-state index contributed by atoms with van der Waals surface area (Å²) in [6.45, 7) is 0. The van der Waals surface area contributed by atoms with Crippen LogP contribution in [0.5, 0.6) is 0 Å². The van der Waals surface area contributed by atoms with Gasteiger partial charge in [-0.1, -0.05) is 34.8 Å². The Morgan fingerprint density at radius 2 is 2.20 bits per heavy atom. The van der Waals surface area contributed by atoms with Crippen LogP contribution in [0.4, 0.5) is 0 Å². The minimum absolute atomic E-state index is 0.188. The predicted molar refractivity (Wildman–Crippen MR) is 43.1 cm³/mol. The zero-order chi connectivity index (χ0) is 7.78. The van der Waals surface area contributed by atoms with E-state index in [0.717, 1.165) is 0 Å². The molecule has 1 aliphatic heterocycles. The van der Waals surface area contributed by atoms with Crippen molar-refractivity contribution >= 4 is 41.0 Å². The highest BCUT2D eigenvalue weighted by Crippen LogP contribution is 2.33. The van der Waals surface area contributed by atoms with Gasteiger partial charge in [0.1, 0.15) is 0 Å². The lowest BCUT2D eigenvalue weighted by Crippen LogP contribution is -2.18. The maximum Gasteiger partial charge on any atom is 0.225 e. The number of aliphatic imine (C=N–C) groups is 1. The lowest BCUT2D eigenvalue weighted by Gasteiger charge is -2.16. The summed E-state index contributed by atoms with van der Waals surface area (Å²) in [5.41, 5.74) is 0. The third-order valence-electron chi connectivity index (χ3n) is 1.01. The van der Waals surface area contributed by atoms with E-state index in [2.05, 4.69) is 4.99 Å². The summed E-state index contributed by atoms with van der Waals surface area (Å²) in [5.74, 6) is -0.210. The molecule has 0 bridgehead atoms. The van der Waals surface area contributed by atoms with Crippen molar-refractivity contribution in [2.45, 2.75) is 10.8 Å².